The number of amides is 2. The Bertz CT molecular complexity index is 740. The van der Waals surface area contributed by atoms with Crippen LogP contribution in [-0.2, 0) is 10.2 Å². The molecular formula is C19H21FN2O2S. The molecule has 6 heteroatoms. The average Bonchev–Trinajstić information content (AvgIpc) is 3.30. The Kier molecular flexibility index (Phi) is 5.48. The van der Waals surface area contributed by atoms with E-state index in [1.54, 1.807) is 11.3 Å². The molecule has 1 aromatic heterocycles. The number of nitrogens with one attached hydrogen (secondary N) is 2. The summed E-state index contributed by atoms with van der Waals surface area (Å²) in [5.74, 6) is -1.16. The van der Waals surface area contributed by atoms with Crippen molar-refractivity contribution >= 4 is 23.2 Å². The number of halogens is 1. The molecule has 0 bridgehead atoms. The number of hydrogen-bond acceptors (Lipinski definition) is 3. The number of thiophene rings is 1. The van der Waals surface area contributed by atoms with E-state index >= 15 is 0 Å². The fourth-order valence-electron chi connectivity index (χ4n) is 3.37. The maximum absolute atomic E-state index is 13.1. The first-order valence-corrected chi connectivity index (χ1v) is 9.31. The highest BCUT2D eigenvalue weighted by molar-refractivity contribution is 7.10. The third-order valence-electron chi connectivity index (χ3n) is 4.72. The van der Waals surface area contributed by atoms with E-state index in [4.69, 9.17) is 0 Å². The van der Waals surface area contributed by atoms with Gasteiger partial charge in [0.05, 0.1) is 6.54 Å². The van der Waals surface area contributed by atoms with E-state index in [-0.39, 0.29) is 23.4 Å². The van der Waals surface area contributed by atoms with Crippen LogP contribution in [0.1, 0.15) is 40.9 Å². The molecule has 1 saturated carbocycles. The van der Waals surface area contributed by atoms with Crippen molar-refractivity contribution < 1.29 is 14.0 Å². The Morgan fingerprint density at radius 3 is 2.60 bits per heavy atom. The van der Waals surface area contributed by atoms with E-state index in [1.165, 1.54) is 35.9 Å². The van der Waals surface area contributed by atoms with Crippen LogP contribution in [0.2, 0.25) is 0 Å². The first kappa shape index (κ1) is 17.6. The monoisotopic (exact) mass is 360 g/mol. The Balaban J connectivity index is 1.52. The van der Waals surface area contributed by atoms with Crippen molar-refractivity contribution in [2.24, 2.45) is 0 Å². The zero-order chi connectivity index (χ0) is 17.7. The second-order valence-corrected chi connectivity index (χ2v) is 7.38. The second-order valence-electron chi connectivity index (χ2n) is 6.43. The summed E-state index contributed by atoms with van der Waals surface area (Å²) in [7, 11) is 0. The summed E-state index contributed by atoms with van der Waals surface area (Å²) >= 11 is 1.73. The molecular weight excluding hydrogens is 339 g/mol. The highest BCUT2D eigenvalue weighted by Gasteiger charge is 2.36. The van der Waals surface area contributed by atoms with Gasteiger partial charge in [-0.3, -0.25) is 9.59 Å². The van der Waals surface area contributed by atoms with Gasteiger partial charge in [0.1, 0.15) is 5.82 Å². The zero-order valence-electron chi connectivity index (χ0n) is 13.9. The maximum atomic E-state index is 13.1. The molecule has 1 heterocycles. The largest absolute Gasteiger partial charge is 0.354 e. The molecule has 132 valence electrons. The number of benzene rings is 1. The van der Waals surface area contributed by atoms with Crippen LogP contribution in [0.25, 0.3) is 0 Å². The van der Waals surface area contributed by atoms with Gasteiger partial charge in [-0.2, -0.15) is 0 Å². The minimum atomic E-state index is -0.476. The minimum Gasteiger partial charge on any atom is -0.354 e. The quantitative estimate of drug-likeness (QED) is 0.831. The molecule has 4 nitrogen and oxygen atoms in total. The summed E-state index contributed by atoms with van der Waals surface area (Å²) in [5, 5.41) is 7.55. The van der Waals surface area contributed by atoms with Crippen molar-refractivity contribution in [2.75, 3.05) is 13.1 Å². The molecule has 2 N–H and O–H groups in total. The topological polar surface area (TPSA) is 58.2 Å². The molecule has 0 saturated heterocycles. The van der Waals surface area contributed by atoms with Crippen molar-refractivity contribution in [3.63, 3.8) is 0 Å². The first-order chi connectivity index (χ1) is 12.1. The lowest BCUT2D eigenvalue weighted by atomic mass is 9.84. The fraction of sp³-hybridized carbons (Fsp3) is 0.368. The van der Waals surface area contributed by atoms with E-state index in [0.717, 1.165) is 18.9 Å². The lowest BCUT2D eigenvalue weighted by Crippen LogP contribution is -2.43. The molecule has 1 fully saturated rings. The third-order valence-corrected chi connectivity index (χ3v) is 5.84. The number of carbonyl (C=O) groups excluding carboxylic acids is 2. The lowest BCUT2D eigenvalue weighted by molar-refractivity contribution is -0.120. The molecule has 0 radical (unpaired) electrons. The molecule has 2 aromatic rings. The van der Waals surface area contributed by atoms with E-state index in [9.17, 15) is 14.0 Å². The Hall–Kier alpha value is -2.21. The normalized spacial score (nSPS) is 15.7. The summed E-state index contributed by atoms with van der Waals surface area (Å²) in [5.41, 5.74) is 0.231. The molecule has 0 aliphatic heterocycles. The highest BCUT2D eigenvalue weighted by Crippen LogP contribution is 2.42. The van der Waals surface area contributed by atoms with Crippen LogP contribution in [0.15, 0.2) is 41.8 Å². The predicted molar refractivity (Wildman–Crippen MR) is 96.2 cm³/mol. The zero-order valence-corrected chi connectivity index (χ0v) is 14.7. The van der Waals surface area contributed by atoms with Crippen LogP contribution < -0.4 is 10.6 Å². The molecule has 0 unspecified atom stereocenters. The molecule has 0 spiro atoms. The molecule has 1 aliphatic carbocycles. The number of carbonyl (C=O) groups is 2. The van der Waals surface area contributed by atoms with E-state index in [1.807, 2.05) is 6.07 Å². The smallest absolute Gasteiger partial charge is 0.251 e. The maximum Gasteiger partial charge on any atom is 0.251 e. The van der Waals surface area contributed by atoms with Crippen LogP contribution in [0, 0.1) is 5.82 Å². The molecule has 2 amide bonds. The Labute approximate surface area is 150 Å². The Morgan fingerprint density at radius 2 is 1.92 bits per heavy atom. The van der Waals surface area contributed by atoms with Gasteiger partial charge in [-0.05, 0) is 42.5 Å². The fourth-order valence-corrected chi connectivity index (χ4v) is 4.35. The van der Waals surface area contributed by atoms with Crippen LogP contribution in [0.3, 0.4) is 0 Å². The van der Waals surface area contributed by atoms with E-state index in [0.29, 0.717) is 6.54 Å². The summed E-state index contributed by atoms with van der Waals surface area (Å²) < 4.78 is 13.1. The van der Waals surface area contributed by atoms with Crippen molar-refractivity contribution in [3.05, 3.63) is 58.0 Å². The lowest BCUT2D eigenvalue weighted by Gasteiger charge is -2.28. The summed E-state index contributed by atoms with van der Waals surface area (Å²) in [6.45, 7) is 0.470. The van der Waals surface area contributed by atoms with Gasteiger partial charge in [0.15, 0.2) is 0 Å². The average molecular weight is 360 g/mol. The second kappa shape index (κ2) is 7.78. The molecule has 0 atom stereocenters. The van der Waals surface area contributed by atoms with Crippen molar-refractivity contribution in [1.82, 2.24) is 10.6 Å². The minimum absolute atomic E-state index is 0.0242. The third kappa shape index (κ3) is 4.25. The standard InChI is InChI=1S/C19H21FN2O2S/c20-15-6-3-5-14(11-15)18(24)21-12-17(23)22-13-19(8-1-2-9-19)16-7-4-10-25-16/h3-7,10-11H,1-2,8-9,12-13H2,(H,21,24)(H,22,23). The van der Waals surface area contributed by atoms with Crippen LogP contribution in [0.4, 0.5) is 4.39 Å². The highest BCUT2D eigenvalue weighted by atomic mass is 32.1. The van der Waals surface area contributed by atoms with Crippen LogP contribution in [0.5, 0.6) is 0 Å². The van der Waals surface area contributed by atoms with Crippen molar-refractivity contribution in [2.45, 2.75) is 31.1 Å². The summed E-state index contributed by atoms with van der Waals surface area (Å²) in [6, 6.07) is 9.58. The van der Waals surface area contributed by atoms with Crippen molar-refractivity contribution in [3.8, 4) is 0 Å². The SMILES string of the molecule is O=C(CNC(=O)c1cccc(F)c1)NCC1(c2cccs2)CCCC1. The van der Waals surface area contributed by atoms with Gasteiger partial charge >= 0.3 is 0 Å². The summed E-state index contributed by atoms with van der Waals surface area (Å²) in [4.78, 5) is 25.4. The van der Waals surface area contributed by atoms with Gasteiger partial charge in [-0.15, -0.1) is 11.3 Å². The van der Waals surface area contributed by atoms with Crippen LogP contribution >= 0.6 is 11.3 Å². The van der Waals surface area contributed by atoms with Gasteiger partial charge in [0.25, 0.3) is 5.91 Å². The summed E-state index contributed by atoms with van der Waals surface area (Å²) in [6.07, 6.45) is 4.49. The molecule has 3 rings (SSSR count). The molecule has 25 heavy (non-hydrogen) atoms. The first-order valence-electron chi connectivity index (χ1n) is 8.44. The van der Waals surface area contributed by atoms with Gasteiger partial charge in [0.2, 0.25) is 5.91 Å². The van der Waals surface area contributed by atoms with Crippen LogP contribution in [-0.4, -0.2) is 24.9 Å². The van der Waals surface area contributed by atoms with Gasteiger partial charge < -0.3 is 10.6 Å². The predicted octanol–water partition coefficient (Wildman–Crippen LogP) is 3.25. The van der Waals surface area contributed by atoms with Gasteiger partial charge in [0, 0.05) is 22.4 Å². The molecule has 1 aliphatic rings. The Morgan fingerprint density at radius 1 is 1.12 bits per heavy atom. The van der Waals surface area contributed by atoms with Crippen molar-refractivity contribution in [1.29, 1.82) is 0 Å². The number of hydrogen-bond donors (Lipinski definition) is 2. The van der Waals surface area contributed by atoms with Gasteiger partial charge in [-0.1, -0.05) is 25.0 Å². The number of rotatable bonds is 6. The molecule has 1 aromatic carbocycles. The van der Waals surface area contributed by atoms with E-state index < -0.39 is 11.7 Å². The van der Waals surface area contributed by atoms with E-state index in [2.05, 4.69) is 22.1 Å². The van der Waals surface area contributed by atoms with Gasteiger partial charge in [-0.25, -0.2) is 4.39 Å².